The van der Waals surface area contributed by atoms with E-state index in [9.17, 15) is 0 Å². The van der Waals surface area contributed by atoms with E-state index in [-0.39, 0.29) is 0 Å². The standard InChI is InChI=1S/C21H23N3O2/c1-16-2-4-17(5-3-16)18-6-7-20-19(14-18)15-22-21(23-20)26-13-10-24-8-11-25-12-9-24/h2-7,14-15H,8-13H2,1H3. The summed E-state index contributed by atoms with van der Waals surface area (Å²) in [6.07, 6.45) is 1.84. The number of benzene rings is 2. The lowest BCUT2D eigenvalue weighted by molar-refractivity contribution is 0.0317. The van der Waals surface area contributed by atoms with Crippen molar-refractivity contribution >= 4 is 10.9 Å². The first-order valence-corrected chi connectivity index (χ1v) is 9.05. The lowest BCUT2D eigenvalue weighted by atomic mass is 10.0. The summed E-state index contributed by atoms with van der Waals surface area (Å²) in [6, 6.07) is 15.2. The number of hydrogen-bond acceptors (Lipinski definition) is 5. The Balaban J connectivity index is 1.44. The van der Waals surface area contributed by atoms with Crippen molar-refractivity contribution in [2.24, 2.45) is 0 Å². The maximum Gasteiger partial charge on any atom is 0.316 e. The predicted octanol–water partition coefficient (Wildman–Crippen LogP) is 3.32. The van der Waals surface area contributed by atoms with Gasteiger partial charge in [-0.25, -0.2) is 4.98 Å². The Morgan fingerprint density at radius 1 is 1.04 bits per heavy atom. The van der Waals surface area contributed by atoms with Gasteiger partial charge >= 0.3 is 6.01 Å². The van der Waals surface area contributed by atoms with Gasteiger partial charge in [0.05, 0.1) is 18.7 Å². The number of aromatic nitrogens is 2. The largest absolute Gasteiger partial charge is 0.462 e. The fraction of sp³-hybridized carbons (Fsp3) is 0.333. The van der Waals surface area contributed by atoms with Crippen molar-refractivity contribution < 1.29 is 9.47 Å². The maximum atomic E-state index is 5.74. The first-order valence-electron chi connectivity index (χ1n) is 9.05. The molecule has 0 bridgehead atoms. The number of ether oxygens (including phenoxy) is 2. The first-order chi connectivity index (χ1) is 12.8. The second-order valence-electron chi connectivity index (χ2n) is 6.59. The van der Waals surface area contributed by atoms with Crippen LogP contribution in [0.4, 0.5) is 0 Å². The lowest BCUT2D eigenvalue weighted by Crippen LogP contribution is -2.38. The Kier molecular flexibility index (Phi) is 5.09. The van der Waals surface area contributed by atoms with Gasteiger partial charge in [0.1, 0.15) is 6.61 Å². The van der Waals surface area contributed by atoms with Gasteiger partial charge in [-0.1, -0.05) is 35.9 Å². The van der Waals surface area contributed by atoms with E-state index in [1.165, 1.54) is 16.7 Å². The molecule has 134 valence electrons. The van der Waals surface area contributed by atoms with Crippen LogP contribution in [0.25, 0.3) is 22.0 Å². The Morgan fingerprint density at radius 2 is 1.81 bits per heavy atom. The van der Waals surface area contributed by atoms with Crippen molar-refractivity contribution in [3.05, 3.63) is 54.2 Å². The van der Waals surface area contributed by atoms with Crippen LogP contribution in [0.15, 0.2) is 48.7 Å². The van der Waals surface area contributed by atoms with Crippen molar-refractivity contribution in [2.75, 3.05) is 39.5 Å². The van der Waals surface area contributed by atoms with Crippen molar-refractivity contribution in [1.29, 1.82) is 0 Å². The zero-order chi connectivity index (χ0) is 17.8. The second kappa shape index (κ2) is 7.81. The zero-order valence-corrected chi connectivity index (χ0v) is 15.0. The smallest absolute Gasteiger partial charge is 0.316 e. The van der Waals surface area contributed by atoms with Gasteiger partial charge in [0.15, 0.2) is 0 Å². The second-order valence-corrected chi connectivity index (χ2v) is 6.59. The summed E-state index contributed by atoms with van der Waals surface area (Å²) in [7, 11) is 0. The molecule has 2 aromatic carbocycles. The van der Waals surface area contributed by atoms with E-state index < -0.39 is 0 Å². The Labute approximate surface area is 153 Å². The molecular weight excluding hydrogens is 326 g/mol. The lowest BCUT2D eigenvalue weighted by Gasteiger charge is -2.26. The topological polar surface area (TPSA) is 47.5 Å². The third-order valence-electron chi connectivity index (χ3n) is 4.68. The molecular formula is C21H23N3O2. The summed E-state index contributed by atoms with van der Waals surface area (Å²) in [6.45, 7) is 7.09. The number of nitrogens with zero attached hydrogens (tertiary/aromatic N) is 3. The van der Waals surface area contributed by atoms with E-state index in [2.05, 4.69) is 58.2 Å². The van der Waals surface area contributed by atoms with Gasteiger partial charge in [-0.3, -0.25) is 4.90 Å². The van der Waals surface area contributed by atoms with Crippen LogP contribution < -0.4 is 4.74 Å². The molecule has 0 atom stereocenters. The Hall–Kier alpha value is -2.50. The molecule has 5 heteroatoms. The van der Waals surface area contributed by atoms with Gasteiger partial charge in [-0.05, 0) is 30.2 Å². The molecule has 0 spiro atoms. The molecule has 26 heavy (non-hydrogen) atoms. The summed E-state index contributed by atoms with van der Waals surface area (Å²) in [5, 5.41) is 1.02. The van der Waals surface area contributed by atoms with E-state index in [0.717, 1.165) is 43.8 Å². The monoisotopic (exact) mass is 349 g/mol. The minimum atomic E-state index is 0.439. The van der Waals surface area contributed by atoms with Crippen LogP contribution in [0.2, 0.25) is 0 Å². The molecule has 0 radical (unpaired) electrons. The first kappa shape index (κ1) is 16.9. The van der Waals surface area contributed by atoms with Crippen molar-refractivity contribution in [1.82, 2.24) is 14.9 Å². The molecule has 0 saturated carbocycles. The highest BCUT2D eigenvalue weighted by molar-refractivity contribution is 5.84. The molecule has 0 amide bonds. The van der Waals surface area contributed by atoms with Crippen molar-refractivity contribution in [2.45, 2.75) is 6.92 Å². The molecule has 0 aliphatic carbocycles. The summed E-state index contributed by atoms with van der Waals surface area (Å²) >= 11 is 0. The minimum Gasteiger partial charge on any atom is -0.462 e. The number of rotatable bonds is 5. The normalized spacial score (nSPS) is 15.3. The molecule has 1 saturated heterocycles. The van der Waals surface area contributed by atoms with E-state index in [1.807, 2.05) is 12.3 Å². The summed E-state index contributed by atoms with van der Waals surface area (Å²) < 4.78 is 11.1. The number of aryl methyl sites for hydroxylation is 1. The molecule has 1 aliphatic heterocycles. The SMILES string of the molecule is Cc1ccc(-c2ccc3nc(OCCN4CCOCC4)ncc3c2)cc1. The van der Waals surface area contributed by atoms with Gasteiger partial charge < -0.3 is 9.47 Å². The predicted molar refractivity (Wildman–Crippen MR) is 102 cm³/mol. The number of morpholine rings is 1. The van der Waals surface area contributed by atoms with Crippen LogP contribution in [0.5, 0.6) is 6.01 Å². The Bertz CT molecular complexity index is 874. The number of fused-ring (bicyclic) bond motifs is 1. The van der Waals surface area contributed by atoms with Crippen LogP contribution in [-0.4, -0.2) is 54.3 Å². The third kappa shape index (κ3) is 4.00. The third-order valence-corrected chi connectivity index (χ3v) is 4.68. The minimum absolute atomic E-state index is 0.439. The highest BCUT2D eigenvalue weighted by Gasteiger charge is 2.10. The molecule has 2 heterocycles. The van der Waals surface area contributed by atoms with Gasteiger partial charge in [0, 0.05) is 31.2 Å². The molecule has 4 rings (SSSR count). The Morgan fingerprint density at radius 3 is 2.62 bits per heavy atom. The quantitative estimate of drug-likeness (QED) is 0.707. The fourth-order valence-electron chi connectivity index (χ4n) is 3.10. The summed E-state index contributed by atoms with van der Waals surface area (Å²) in [4.78, 5) is 11.2. The highest BCUT2D eigenvalue weighted by Crippen LogP contribution is 2.24. The average molecular weight is 349 g/mol. The number of hydrogen-bond donors (Lipinski definition) is 0. The fourth-order valence-corrected chi connectivity index (χ4v) is 3.10. The van der Waals surface area contributed by atoms with Crippen molar-refractivity contribution in [3.8, 4) is 17.1 Å². The van der Waals surface area contributed by atoms with Gasteiger partial charge in [-0.15, -0.1) is 0 Å². The molecule has 1 aliphatic rings. The van der Waals surface area contributed by atoms with Crippen LogP contribution in [-0.2, 0) is 4.74 Å². The van der Waals surface area contributed by atoms with E-state index >= 15 is 0 Å². The van der Waals surface area contributed by atoms with Gasteiger partial charge in [0.2, 0.25) is 0 Å². The van der Waals surface area contributed by atoms with E-state index in [1.54, 1.807) is 0 Å². The maximum absolute atomic E-state index is 5.74. The summed E-state index contributed by atoms with van der Waals surface area (Å²) in [5.41, 5.74) is 4.53. The van der Waals surface area contributed by atoms with Crippen molar-refractivity contribution in [3.63, 3.8) is 0 Å². The van der Waals surface area contributed by atoms with Crippen LogP contribution in [0.1, 0.15) is 5.56 Å². The molecule has 1 aromatic heterocycles. The van der Waals surface area contributed by atoms with Crippen LogP contribution >= 0.6 is 0 Å². The van der Waals surface area contributed by atoms with Crippen LogP contribution in [0.3, 0.4) is 0 Å². The highest BCUT2D eigenvalue weighted by atomic mass is 16.5. The zero-order valence-electron chi connectivity index (χ0n) is 15.0. The molecule has 5 nitrogen and oxygen atoms in total. The van der Waals surface area contributed by atoms with Gasteiger partial charge in [0.25, 0.3) is 0 Å². The van der Waals surface area contributed by atoms with E-state index in [0.29, 0.717) is 12.6 Å². The molecule has 1 fully saturated rings. The molecule has 0 unspecified atom stereocenters. The summed E-state index contributed by atoms with van der Waals surface area (Å²) in [5.74, 6) is 0. The molecule has 0 N–H and O–H groups in total. The average Bonchev–Trinajstić information content (AvgIpc) is 2.69. The van der Waals surface area contributed by atoms with E-state index in [4.69, 9.17) is 9.47 Å². The van der Waals surface area contributed by atoms with Gasteiger partial charge in [-0.2, -0.15) is 4.98 Å². The van der Waals surface area contributed by atoms with Crippen LogP contribution in [0, 0.1) is 6.92 Å². The molecule has 3 aromatic rings.